The lowest BCUT2D eigenvalue weighted by Gasteiger charge is -2.32. The zero-order valence-electron chi connectivity index (χ0n) is 19.5. The zero-order chi connectivity index (χ0) is 24.5. The van der Waals surface area contributed by atoms with Gasteiger partial charge in [-0.2, -0.15) is 0 Å². The van der Waals surface area contributed by atoms with Crippen molar-refractivity contribution < 1.29 is 9.59 Å². The number of nitrogens with one attached hydrogen (secondary N) is 1. The number of halogens is 2. The van der Waals surface area contributed by atoms with Crippen LogP contribution in [0.25, 0.3) is 0 Å². The third-order valence-electron chi connectivity index (χ3n) is 5.82. The van der Waals surface area contributed by atoms with Crippen LogP contribution in [-0.2, 0) is 29.0 Å². The Morgan fingerprint density at radius 3 is 2.26 bits per heavy atom. The predicted molar refractivity (Wildman–Crippen MR) is 139 cm³/mol. The summed E-state index contributed by atoms with van der Waals surface area (Å²) < 4.78 is 0. The van der Waals surface area contributed by atoms with Crippen LogP contribution in [0.1, 0.15) is 37.0 Å². The second-order valence-corrected chi connectivity index (χ2v) is 9.29. The highest BCUT2D eigenvalue weighted by Gasteiger charge is 2.31. The number of benzene rings is 3. The maximum Gasteiger partial charge on any atom is 0.243 e. The Kier molecular flexibility index (Phi) is 9.55. The van der Waals surface area contributed by atoms with Gasteiger partial charge in [-0.25, -0.2) is 0 Å². The SMILES string of the molecule is CC[C@@H](C)NC(=O)[C@H](Cc1ccccc1)N(Cc1ccccc1Cl)C(=O)Cc1cccc(Cl)c1. The molecule has 0 spiro atoms. The van der Waals surface area contributed by atoms with Gasteiger partial charge in [-0.1, -0.05) is 90.8 Å². The summed E-state index contributed by atoms with van der Waals surface area (Å²) in [6, 6.07) is 23.7. The van der Waals surface area contributed by atoms with Gasteiger partial charge in [0.25, 0.3) is 0 Å². The van der Waals surface area contributed by atoms with Gasteiger partial charge in [0, 0.05) is 29.1 Å². The van der Waals surface area contributed by atoms with Crippen molar-refractivity contribution in [3.05, 3.63) is 106 Å². The summed E-state index contributed by atoms with van der Waals surface area (Å²) in [5, 5.41) is 4.20. The average molecular weight is 497 g/mol. The topological polar surface area (TPSA) is 49.4 Å². The van der Waals surface area contributed by atoms with Crippen molar-refractivity contribution in [3.63, 3.8) is 0 Å². The molecule has 3 aromatic rings. The molecule has 3 aromatic carbocycles. The minimum absolute atomic E-state index is 0.00373. The minimum atomic E-state index is -0.695. The summed E-state index contributed by atoms with van der Waals surface area (Å²) >= 11 is 12.6. The highest BCUT2D eigenvalue weighted by Crippen LogP contribution is 2.22. The average Bonchev–Trinajstić information content (AvgIpc) is 2.82. The van der Waals surface area contributed by atoms with E-state index in [9.17, 15) is 9.59 Å². The van der Waals surface area contributed by atoms with Gasteiger partial charge in [0.15, 0.2) is 0 Å². The van der Waals surface area contributed by atoms with Crippen molar-refractivity contribution in [1.82, 2.24) is 10.2 Å². The molecule has 0 fully saturated rings. The van der Waals surface area contributed by atoms with Crippen molar-refractivity contribution in [3.8, 4) is 0 Å². The van der Waals surface area contributed by atoms with Crippen LogP contribution in [0.5, 0.6) is 0 Å². The first-order valence-corrected chi connectivity index (χ1v) is 12.2. The van der Waals surface area contributed by atoms with E-state index in [0.717, 1.165) is 23.1 Å². The van der Waals surface area contributed by atoms with E-state index in [1.165, 1.54) is 0 Å². The fraction of sp³-hybridized carbons (Fsp3) is 0.286. The van der Waals surface area contributed by atoms with E-state index >= 15 is 0 Å². The van der Waals surface area contributed by atoms with Gasteiger partial charge in [0.2, 0.25) is 11.8 Å². The lowest BCUT2D eigenvalue weighted by molar-refractivity contribution is -0.141. The van der Waals surface area contributed by atoms with Crippen LogP contribution in [0.4, 0.5) is 0 Å². The number of nitrogens with zero attached hydrogens (tertiary/aromatic N) is 1. The van der Waals surface area contributed by atoms with Gasteiger partial charge >= 0.3 is 0 Å². The van der Waals surface area contributed by atoms with Crippen molar-refractivity contribution in [1.29, 1.82) is 0 Å². The predicted octanol–water partition coefficient (Wildman–Crippen LogP) is 6.09. The standard InChI is InChI=1S/C28H30Cl2N2O2/c1-3-20(2)31-28(34)26(17-21-10-5-4-6-11-21)32(19-23-13-7-8-15-25(23)30)27(33)18-22-12-9-14-24(29)16-22/h4-16,20,26H,3,17-19H2,1-2H3,(H,31,34)/t20-,26+/m1/s1. The molecule has 2 amide bonds. The molecule has 0 aliphatic heterocycles. The lowest BCUT2D eigenvalue weighted by atomic mass is 10.0. The van der Waals surface area contributed by atoms with E-state index in [4.69, 9.17) is 23.2 Å². The number of hydrogen-bond donors (Lipinski definition) is 1. The van der Waals surface area contributed by atoms with Crippen LogP contribution in [0.3, 0.4) is 0 Å². The number of rotatable bonds is 10. The fourth-order valence-corrected chi connectivity index (χ4v) is 4.14. The Labute approximate surface area is 211 Å². The Hall–Kier alpha value is -2.82. The van der Waals surface area contributed by atoms with E-state index in [1.807, 2.05) is 74.5 Å². The molecule has 4 nitrogen and oxygen atoms in total. The first-order chi connectivity index (χ1) is 16.4. The molecule has 0 aromatic heterocycles. The molecule has 0 bridgehead atoms. The van der Waals surface area contributed by atoms with Crippen molar-refractivity contribution >= 4 is 35.0 Å². The monoisotopic (exact) mass is 496 g/mol. The molecule has 6 heteroatoms. The van der Waals surface area contributed by atoms with Crippen LogP contribution in [0.15, 0.2) is 78.9 Å². The van der Waals surface area contributed by atoms with Crippen molar-refractivity contribution in [2.24, 2.45) is 0 Å². The molecule has 0 aliphatic carbocycles. The van der Waals surface area contributed by atoms with Gasteiger partial charge in [-0.3, -0.25) is 9.59 Å². The van der Waals surface area contributed by atoms with Crippen molar-refractivity contribution in [2.45, 2.75) is 51.7 Å². The number of hydrogen-bond acceptors (Lipinski definition) is 2. The van der Waals surface area contributed by atoms with E-state index in [1.54, 1.807) is 23.1 Å². The van der Waals surface area contributed by atoms with Crippen LogP contribution in [-0.4, -0.2) is 28.8 Å². The van der Waals surface area contributed by atoms with Crippen LogP contribution in [0, 0.1) is 0 Å². The molecule has 0 saturated heterocycles. The molecule has 1 N–H and O–H groups in total. The highest BCUT2D eigenvalue weighted by atomic mass is 35.5. The van der Waals surface area contributed by atoms with Crippen LogP contribution >= 0.6 is 23.2 Å². The molecule has 2 atom stereocenters. The summed E-state index contributed by atoms with van der Waals surface area (Å²) in [5.74, 6) is -0.341. The second-order valence-electron chi connectivity index (χ2n) is 8.44. The lowest BCUT2D eigenvalue weighted by Crippen LogP contribution is -2.52. The maximum absolute atomic E-state index is 13.7. The van der Waals surface area contributed by atoms with E-state index in [-0.39, 0.29) is 30.8 Å². The number of carbonyl (C=O) groups is 2. The van der Waals surface area contributed by atoms with Gasteiger partial charge in [0.05, 0.1) is 6.42 Å². The molecule has 0 unspecified atom stereocenters. The molecule has 0 saturated carbocycles. The first kappa shape index (κ1) is 25.8. The Balaban J connectivity index is 1.98. The molecular formula is C28H30Cl2N2O2. The van der Waals surface area contributed by atoms with Crippen LogP contribution < -0.4 is 5.32 Å². The highest BCUT2D eigenvalue weighted by molar-refractivity contribution is 6.31. The normalized spacial score (nSPS) is 12.6. The number of amides is 2. The van der Waals surface area contributed by atoms with Gasteiger partial charge in [-0.15, -0.1) is 0 Å². The summed E-state index contributed by atoms with van der Waals surface area (Å²) in [4.78, 5) is 28.8. The molecule has 3 rings (SSSR count). The summed E-state index contributed by atoms with van der Waals surface area (Å²) in [6.07, 6.45) is 1.33. The molecule has 34 heavy (non-hydrogen) atoms. The summed E-state index contributed by atoms with van der Waals surface area (Å²) in [6.45, 7) is 4.21. The molecule has 0 aliphatic rings. The summed E-state index contributed by atoms with van der Waals surface area (Å²) in [5.41, 5.74) is 2.56. The van der Waals surface area contributed by atoms with E-state index < -0.39 is 6.04 Å². The maximum atomic E-state index is 13.7. The minimum Gasteiger partial charge on any atom is -0.352 e. The largest absolute Gasteiger partial charge is 0.352 e. The number of carbonyl (C=O) groups excluding carboxylic acids is 2. The molecule has 0 radical (unpaired) electrons. The Bertz CT molecular complexity index is 1100. The van der Waals surface area contributed by atoms with Crippen molar-refractivity contribution in [2.75, 3.05) is 0 Å². The van der Waals surface area contributed by atoms with Gasteiger partial charge < -0.3 is 10.2 Å². The van der Waals surface area contributed by atoms with E-state index in [0.29, 0.717) is 16.5 Å². The van der Waals surface area contributed by atoms with Crippen LogP contribution in [0.2, 0.25) is 10.0 Å². The Morgan fingerprint density at radius 1 is 0.912 bits per heavy atom. The quantitative estimate of drug-likeness (QED) is 0.369. The fourth-order valence-electron chi connectivity index (χ4n) is 3.73. The second kappa shape index (κ2) is 12.6. The first-order valence-electron chi connectivity index (χ1n) is 11.5. The third-order valence-corrected chi connectivity index (χ3v) is 6.42. The van der Waals surface area contributed by atoms with E-state index in [2.05, 4.69) is 5.32 Å². The molecular weight excluding hydrogens is 467 g/mol. The summed E-state index contributed by atoms with van der Waals surface area (Å²) in [7, 11) is 0. The van der Waals surface area contributed by atoms with Gasteiger partial charge in [0.1, 0.15) is 6.04 Å². The molecule has 178 valence electrons. The molecule has 0 heterocycles. The van der Waals surface area contributed by atoms with Gasteiger partial charge in [-0.05, 0) is 48.2 Å². The Morgan fingerprint density at radius 2 is 1.59 bits per heavy atom. The zero-order valence-corrected chi connectivity index (χ0v) is 21.0. The smallest absolute Gasteiger partial charge is 0.243 e. The third kappa shape index (κ3) is 7.34.